The molecule has 5 nitrogen and oxygen atoms in total. The summed E-state index contributed by atoms with van der Waals surface area (Å²) in [6.07, 6.45) is 1.63. The van der Waals surface area contributed by atoms with Gasteiger partial charge in [0.1, 0.15) is 16.0 Å². The van der Waals surface area contributed by atoms with Crippen LogP contribution in [-0.2, 0) is 14.6 Å². The number of hydrogen-bond acceptors (Lipinski definition) is 5. The molecule has 1 amide bonds. The van der Waals surface area contributed by atoms with Crippen molar-refractivity contribution in [2.45, 2.75) is 32.0 Å². The van der Waals surface area contributed by atoms with E-state index in [4.69, 9.17) is 0 Å². The summed E-state index contributed by atoms with van der Waals surface area (Å²) in [6, 6.07) is 1.96. The summed E-state index contributed by atoms with van der Waals surface area (Å²) in [5, 5.41) is 7.29. The van der Waals surface area contributed by atoms with E-state index < -0.39 is 15.4 Å². The maximum absolute atomic E-state index is 12.6. The minimum atomic E-state index is -3.09. The first-order valence-corrected chi connectivity index (χ1v) is 9.56. The summed E-state index contributed by atoms with van der Waals surface area (Å²) in [5.74, 6) is -0.0410. The fourth-order valence-corrected chi connectivity index (χ4v) is 3.52. The number of carbonyl (C=O) groups is 1. The molecule has 0 spiro atoms. The van der Waals surface area contributed by atoms with Crippen molar-refractivity contribution < 1.29 is 13.2 Å². The molecule has 1 N–H and O–H groups in total. The molecule has 2 heterocycles. The van der Waals surface area contributed by atoms with Gasteiger partial charge in [-0.3, -0.25) is 10.1 Å². The molecule has 0 aromatic carbocycles. The van der Waals surface area contributed by atoms with E-state index in [1.54, 1.807) is 16.2 Å². The molecule has 20 heavy (non-hydrogen) atoms. The maximum Gasteiger partial charge on any atom is 0.244 e. The molecule has 2 unspecified atom stereocenters. The normalized spacial score (nSPS) is 27.2. The van der Waals surface area contributed by atoms with Gasteiger partial charge in [-0.15, -0.1) is 0 Å². The van der Waals surface area contributed by atoms with Crippen LogP contribution in [0.3, 0.4) is 0 Å². The van der Waals surface area contributed by atoms with E-state index in [1.165, 1.54) is 6.26 Å². The van der Waals surface area contributed by atoms with Crippen molar-refractivity contribution in [3.8, 4) is 0 Å². The van der Waals surface area contributed by atoms with Gasteiger partial charge in [0.15, 0.2) is 0 Å². The third-order valence-electron chi connectivity index (χ3n) is 3.77. The minimum Gasteiger partial charge on any atom is -0.320 e. The van der Waals surface area contributed by atoms with Crippen LogP contribution in [-0.4, -0.2) is 43.3 Å². The SMILES string of the molecule is CCC1(C)NC(c2ccsc2)N(CCS(C)(=O)=O)C1=O. The van der Waals surface area contributed by atoms with E-state index in [-0.39, 0.29) is 24.4 Å². The van der Waals surface area contributed by atoms with Gasteiger partial charge in [-0.25, -0.2) is 8.42 Å². The Labute approximate surface area is 123 Å². The molecule has 1 saturated heterocycles. The quantitative estimate of drug-likeness (QED) is 0.891. The van der Waals surface area contributed by atoms with Gasteiger partial charge in [-0.1, -0.05) is 6.92 Å². The first kappa shape index (κ1) is 15.5. The van der Waals surface area contributed by atoms with Crippen LogP contribution in [0.25, 0.3) is 0 Å². The summed E-state index contributed by atoms with van der Waals surface area (Å²) in [7, 11) is -3.09. The van der Waals surface area contributed by atoms with Gasteiger partial charge in [-0.05, 0) is 35.7 Å². The van der Waals surface area contributed by atoms with E-state index in [9.17, 15) is 13.2 Å². The molecular weight excluding hydrogens is 296 g/mol. The number of sulfone groups is 1. The average molecular weight is 316 g/mol. The Hall–Kier alpha value is -0.920. The van der Waals surface area contributed by atoms with Gasteiger partial charge in [-0.2, -0.15) is 11.3 Å². The summed E-state index contributed by atoms with van der Waals surface area (Å²) < 4.78 is 22.7. The second-order valence-electron chi connectivity index (χ2n) is 5.42. The van der Waals surface area contributed by atoms with Gasteiger partial charge in [0, 0.05) is 12.8 Å². The van der Waals surface area contributed by atoms with Crippen molar-refractivity contribution in [2.75, 3.05) is 18.6 Å². The van der Waals surface area contributed by atoms with Crippen LogP contribution in [0.5, 0.6) is 0 Å². The zero-order chi connectivity index (χ0) is 15.0. The Kier molecular flexibility index (Phi) is 4.22. The number of rotatable bonds is 5. The van der Waals surface area contributed by atoms with Crippen LogP contribution < -0.4 is 5.32 Å². The van der Waals surface area contributed by atoms with Crippen molar-refractivity contribution >= 4 is 27.1 Å². The van der Waals surface area contributed by atoms with Crippen LogP contribution >= 0.6 is 11.3 Å². The average Bonchev–Trinajstić information content (AvgIpc) is 2.96. The van der Waals surface area contributed by atoms with Gasteiger partial charge in [0.2, 0.25) is 5.91 Å². The standard InChI is InChI=1S/C13H20N2O3S2/c1-4-13(2)12(16)15(6-8-20(3,17)18)11(14-13)10-5-7-19-9-10/h5,7,9,11,14H,4,6,8H2,1-3H3. The lowest BCUT2D eigenvalue weighted by molar-refractivity contribution is -0.132. The Morgan fingerprint density at radius 2 is 2.20 bits per heavy atom. The molecule has 0 radical (unpaired) electrons. The topological polar surface area (TPSA) is 66.5 Å². The molecule has 1 aliphatic rings. The van der Waals surface area contributed by atoms with Crippen molar-refractivity contribution in [1.82, 2.24) is 10.2 Å². The lowest BCUT2D eigenvalue weighted by Crippen LogP contribution is -2.43. The van der Waals surface area contributed by atoms with Crippen LogP contribution in [0.2, 0.25) is 0 Å². The van der Waals surface area contributed by atoms with Gasteiger partial charge < -0.3 is 4.90 Å². The predicted molar refractivity (Wildman–Crippen MR) is 80.3 cm³/mol. The monoisotopic (exact) mass is 316 g/mol. The van der Waals surface area contributed by atoms with E-state index in [2.05, 4.69) is 5.32 Å². The molecule has 1 aromatic heterocycles. The van der Waals surface area contributed by atoms with Gasteiger partial charge >= 0.3 is 0 Å². The summed E-state index contributed by atoms with van der Waals surface area (Å²) in [6.45, 7) is 4.05. The second-order valence-corrected chi connectivity index (χ2v) is 8.46. The van der Waals surface area contributed by atoms with Crippen molar-refractivity contribution in [3.05, 3.63) is 22.4 Å². The van der Waals surface area contributed by atoms with E-state index in [1.807, 2.05) is 30.7 Å². The van der Waals surface area contributed by atoms with Gasteiger partial charge in [0.05, 0.1) is 11.3 Å². The molecular formula is C13H20N2O3S2. The lowest BCUT2D eigenvalue weighted by Gasteiger charge is -2.23. The number of nitrogens with one attached hydrogen (secondary N) is 1. The Bertz CT molecular complexity index is 583. The third kappa shape index (κ3) is 3.05. The summed E-state index contributed by atoms with van der Waals surface area (Å²) in [4.78, 5) is 14.2. The fraction of sp³-hybridized carbons (Fsp3) is 0.615. The van der Waals surface area contributed by atoms with Crippen molar-refractivity contribution in [3.63, 3.8) is 0 Å². The molecule has 1 aliphatic heterocycles. The molecule has 0 saturated carbocycles. The second kappa shape index (κ2) is 5.46. The number of amides is 1. The van der Waals surface area contributed by atoms with Crippen LogP contribution in [0.15, 0.2) is 16.8 Å². The van der Waals surface area contributed by atoms with Crippen LogP contribution in [0.4, 0.5) is 0 Å². The number of nitrogens with zero attached hydrogens (tertiary/aromatic N) is 1. The molecule has 1 aromatic rings. The Morgan fingerprint density at radius 3 is 2.70 bits per heavy atom. The van der Waals surface area contributed by atoms with E-state index in [0.717, 1.165) is 5.56 Å². The van der Waals surface area contributed by atoms with Crippen LogP contribution in [0.1, 0.15) is 32.0 Å². The smallest absolute Gasteiger partial charge is 0.244 e. The largest absolute Gasteiger partial charge is 0.320 e. The molecule has 112 valence electrons. The highest BCUT2D eigenvalue weighted by atomic mass is 32.2. The maximum atomic E-state index is 12.6. The first-order valence-electron chi connectivity index (χ1n) is 6.55. The molecule has 0 aliphatic carbocycles. The highest BCUT2D eigenvalue weighted by Crippen LogP contribution is 2.33. The third-order valence-corrected chi connectivity index (χ3v) is 5.39. The van der Waals surface area contributed by atoms with Crippen molar-refractivity contribution in [1.29, 1.82) is 0 Å². The molecule has 7 heteroatoms. The molecule has 1 fully saturated rings. The van der Waals surface area contributed by atoms with Crippen molar-refractivity contribution in [2.24, 2.45) is 0 Å². The minimum absolute atomic E-state index is 0.0130. The number of thiophene rings is 1. The highest BCUT2D eigenvalue weighted by molar-refractivity contribution is 7.90. The van der Waals surface area contributed by atoms with Crippen LogP contribution in [0, 0.1) is 0 Å². The fourth-order valence-electron chi connectivity index (χ4n) is 2.32. The zero-order valence-electron chi connectivity index (χ0n) is 11.9. The first-order chi connectivity index (χ1) is 9.27. The number of carbonyl (C=O) groups excluding carboxylic acids is 1. The highest BCUT2D eigenvalue weighted by Gasteiger charge is 2.47. The predicted octanol–water partition coefficient (Wildman–Crippen LogP) is 1.39. The van der Waals surface area contributed by atoms with E-state index in [0.29, 0.717) is 6.42 Å². The summed E-state index contributed by atoms with van der Waals surface area (Å²) >= 11 is 1.56. The van der Waals surface area contributed by atoms with E-state index >= 15 is 0 Å². The molecule has 2 atom stereocenters. The molecule has 0 bridgehead atoms. The van der Waals surface area contributed by atoms with Gasteiger partial charge in [0.25, 0.3) is 0 Å². The Balaban J connectivity index is 2.26. The Morgan fingerprint density at radius 1 is 1.50 bits per heavy atom. The zero-order valence-corrected chi connectivity index (χ0v) is 13.6. The number of hydrogen-bond donors (Lipinski definition) is 1. The molecule has 2 rings (SSSR count). The summed E-state index contributed by atoms with van der Waals surface area (Å²) in [5.41, 5.74) is 0.387. The lowest BCUT2D eigenvalue weighted by atomic mass is 9.99.